The van der Waals surface area contributed by atoms with Gasteiger partial charge in [-0.3, -0.25) is 4.79 Å². The second-order valence-corrected chi connectivity index (χ2v) is 14.7. The molecule has 1 aliphatic heterocycles. The molecule has 1 N–H and O–H groups in total. The molecular formula is C33H38N2OS2. The third-order valence-corrected chi connectivity index (χ3v) is 13.7. The monoisotopic (exact) mass is 542 g/mol. The molecule has 0 amide bonds. The normalized spacial score (nSPS) is 35.5. The molecule has 2 aromatic carbocycles. The summed E-state index contributed by atoms with van der Waals surface area (Å²) in [5.74, 6) is 2.29. The van der Waals surface area contributed by atoms with Crippen LogP contribution in [0.5, 0.6) is 0 Å². The lowest BCUT2D eigenvalue weighted by molar-refractivity contribution is -0.131. The number of benzene rings is 2. The largest absolute Gasteiger partial charge is 0.387 e. The van der Waals surface area contributed by atoms with Gasteiger partial charge in [0.2, 0.25) is 0 Å². The number of thioether (sulfide) groups is 2. The lowest BCUT2D eigenvalue weighted by Crippen LogP contribution is -2.54. The molecule has 4 aliphatic carbocycles. The highest BCUT2D eigenvalue weighted by Gasteiger charge is 2.61. The smallest absolute Gasteiger partial charge is 0.139 e. The maximum absolute atomic E-state index is 13.0. The van der Waals surface area contributed by atoms with Crippen LogP contribution in [-0.4, -0.2) is 25.1 Å². The van der Waals surface area contributed by atoms with Gasteiger partial charge in [-0.25, -0.2) is 0 Å². The second-order valence-electron chi connectivity index (χ2n) is 12.4. The number of nitrogens with one attached hydrogen (secondary N) is 1. The third-order valence-electron chi connectivity index (χ3n) is 10.9. The molecule has 0 bridgehead atoms. The van der Waals surface area contributed by atoms with Crippen molar-refractivity contribution in [1.29, 1.82) is 0 Å². The quantitative estimate of drug-likeness (QED) is 0.421. The van der Waals surface area contributed by atoms with Crippen LogP contribution < -0.4 is 10.2 Å². The van der Waals surface area contributed by atoms with Gasteiger partial charge >= 0.3 is 0 Å². The first-order chi connectivity index (χ1) is 18.4. The highest BCUT2D eigenvalue weighted by molar-refractivity contribution is 8.03. The Kier molecular flexibility index (Phi) is 5.87. The zero-order valence-corrected chi connectivity index (χ0v) is 24.6. The zero-order valence-electron chi connectivity index (χ0n) is 22.9. The Morgan fingerprint density at radius 1 is 1.05 bits per heavy atom. The lowest BCUT2D eigenvalue weighted by Gasteiger charge is -2.59. The number of fused-ring (bicyclic) bond motifs is 7. The summed E-state index contributed by atoms with van der Waals surface area (Å²) in [5.41, 5.74) is 5.58. The molecule has 198 valence electrons. The Bertz CT molecular complexity index is 1380. The van der Waals surface area contributed by atoms with E-state index in [0.29, 0.717) is 28.8 Å². The highest BCUT2D eigenvalue weighted by Crippen LogP contribution is 2.68. The van der Waals surface area contributed by atoms with Gasteiger partial charge in [0.1, 0.15) is 5.78 Å². The molecule has 0 saturated heterocycles. The molecular weight excluding hydrogens is 505 g/mol. The number of nitrogens with zero attached hydrogens (tertiary/aromatic N) is 1. The van der Waals surface area contributed by atoms with Crippen LogP contribution in [0, 0.1) is 28.6 Å². The summed E-state index contributed by atoms with van der Waals surface area (Å²) in [5, 5.41) is 3.88. The number of para-hydroxylation sites is 2. The van der Waals surface area contributed by atoms with Gasteiger partial charge in [0.05, 0.1) is 5.69 Å². The van der Waals surface area contributed by atoms with Crippen molar-refractivity contribution in [3.63, 3.8) is 0 Å². The summed E-state index contributed by atoms with van der Waals surface area (Å²) in [7, 11) is 4.30. The predicted octanol–water partition coefficient (Wildman–Crippen LogP) is 8.39. The van der Waals surface area contributed by atoms with E-state index in [1.807, 2.05) is 18.8 Å². The number of hydrogen-bond acceptors (Lipinski definition) is 5. The molecule has 5 aliphatic rings. The first kappa shape index (κ1) is 24.9. The lowest BCUT2D eigenvalue weighted by atomic mass is 9.48. The Morgan fingerprint density at radius 2 is 1.84 bits per heavy atom. The topological polar surface area (TPSA) is 32.3 Å². The molecule has 3 nitrogen and oxygen atoms in total. The van der Waals surface area contributed by atoms with Crippen LogP contribution >= 0.6 is 23.5 Å². The summed E-state index contributed by atoms with van der Waals surface area (Å²) in [6.45, 7) is 4.89. The van der Waals surface area contributed by atoms with Crippen molar-refractivity contribution < 1.29 is 4.79 Å². The van der Waals surface area contributed by atoms with Crippen LogP contribution in [0.3, 0.4) is 0 Å². The number of carbonyl (C=O) groups is 1. The summed E-state index contributed by atoms with van der Waals surface area (Å²) in [6, 6.07) is 17.7. The number of anilines is 2. The van der Waals surface area contributed by atoms with Crippen molar-refractivity contribution in [1.82, 2.24) is 0 Å². The number of carbonyl (C=O) groups excluding carboxylic acids is 1. The fraction of sp³-hybridized carbons (Fsp3) is 0.485. The summed E-state index contributed by atoms with van der Waals surface area (Å²) < 4.78 is 0. The summed E-state index contributed by atoms with van der Waals surface area (Å²) in [6.07, 6.45) is 8.92. The predicted molar refractivity (Wildman–Crippen MR) is 161 cm³/mol. The molecule has 0 aromatic heterocycles. The number of Topliss-reactive ketones (excluding diaryl/α,β-unsaturated/α-hetero) is 1. The van der Waals surface area contributed by atoms with Gasteiger partial charge in [-0.05, 0) is 73.3 Å². The van der Waals surface area contributed by atoms with E-state index in [9.17, 15) is 4.79 Å². The molecule has 1 unspecified atom stereocenters. The van der Waals surface area contributed by atoms with E-state index in [1.165, 1.54) is 38.2 Å². The summed E-state index contributed by atoms with van der Waals surface area (Å²) >= 11 is 4.08. The van der Waals surface area contributed by atoms with E-state index >= 15 is 0 Å². The molecule has 6 atom stereocenters. The van der Waals surface area contributed by atoms with Crippen LogP contribution in [0.4, 0.5) is 11.4 Å². The molecule has 38 heavy (non-hydrogen) atoms. The fourth-order valence-corrected chi connectivity index (χ4v) is 11.7. The van der Waals surface area contributed by atoms with E-state index in [1.54, 1.807) is 5.57 Å². The fourth-order valence-electron chi connectivity index (χ4n) is 8.76. The molecule has 0 spiro atoms. The summed E-state index contributed by atoms with van der Waals surface area (Å²) in [4.78, 5) is 19.7. The molecule has 1 heterocycles. The first-order valence-electron chi connectivity index (χ1n) is 14.3. The maximum Gasteiger partial charge on any atom is 0.139 e. The second kappa shape index (κ2) is 8.96. The SMILES string of the molecule is CNc1ccccc1SC1CC2=C(Sc3ccccc3N2C)C2=CC[C@H]3[C@@H]4CCC(=O)[C@@]4(C)CC[C@@H]3[C@]21C. The number of rotatable bonds is 3. The molecule has 7 rings (SSSR count). The third kappa shape index (κ3) is 3.40. The van der Waals surface area contributed by atoms with Gasteiger partial charge in [-0.2, -0.15) is 0 Å². The minimum atomic E-state index is -0.0952. The maximum atomic E-state index is 13.0. The van der Waals surface area contributed by atoms with Gasteiger partial charge in [0, 0.05) is 69.1 Å². The van der Waals surface area contributed by atoms with Crippen molar-refractivity contribution >= 4 is 40.7 Å². The van der Waals surface area contributed by atoms with Crippen LogP contribution in [0.1, 0.15) is 52.4 Å². The van der Waals surface area contributed by atoms with Crippen molar-refractivity contribution in [2.24, 2.45) is 28.6 Å². The minimum absolute atomic E-state index is 0.0698. The Balaban J connectivity index is 1.36. The standard InChI is InChI=1S/C33H38N2OS2/c1-32-18-17-22-20(21(32)15-16-29(32)36)13-14-23-31-26(35(4)25-10-6-8-12-28(25)38-31)19-30(33(22,23)2)37-27-11-7-5-9-24(27)34-3/h5-12,14,20-22,30,34H,13,15-19H2,1-4H3/t20-,21-,22-,30?,32-,33+/m0/s1. The molecule has 0 radical (unpaired) electrons. The molecule has 5 heteroatoms. The van der Waals surface area contributed by atoms with Crippen LogP contribution in [0.2, 0.25) is 0 Å². The van der Waals surface area contributed by atoms with Crippen LogP contribution in [-0.2, 0) is 4.79 Å². The number of ketones is 1. The van der Waals surface area contributed by atoms with Crippen molar-refractivity contribution in [3.8, 4) is 0 Å². The van der Waals surface area contributed by atoms with E-state index in [0.717, 1.165) is 32.1 Å². The van der Waals surface area contributed by atoms with Crippen molar-refractivity contribution in [3.05, 3.63) is 70.8 Å². The minimum Gasteiger partial charge on any atom is -0.387 e. The van der Waals surface area contributed by atoms with Crippen molar-refractivity contribution in [2.75, 3.05) is 24.3 Å². The Hall–Kier alpha value is -2.11. The Labute approximate surface area is 235 Å². The van der Waals surface area contributed by atoms with Gasteiger partial charge in [-0.1, -0.05) is 56.0 Å². The van der Waals surface area contributed by atoms with Gasteiger partial charge in [-0.15, -0.1) is 11.8 Å². The van der Waals surface area contributed by atoms with Gasteiger partial charge in [0.25, 0.3) is 0 Å². The van der Waals surface area contributed by atoms with E-state index in [4.69, 9.17) is 0 Å². The average molecular weight is 543 g/mol. The Morgan fingerprint density at radius 3 is 2.68 bits per heavy atom. The first-order valence-corrected chi connectivity index (χ1v) is 16.0. The van der Waals surface area contributed by atoms with Crippen LogP contribution in [0.15, 0.2) is 80.6 Å². The number of allylic oxidation sites excluding steroid dienone is 3. The molecule has 2 aromatic rings. The van der Waals surface area contributed by atoms with E-state index in [2.05, 4.69) is 97.5 Å². The van der Waals surface area contributed by atoms with E-state index < -0.39 is 0 Å². The average Bonchev–Trinajstić information content (AvgIpc) is 3.24. The highest BCUT2D eigenvalue weighted by atomic mass is 32.2. The molecule has 2 saturated carbocycles. The van der Waals surface area contributed by atoms with Gasteiger partial charge < -0.3 is 10.2 Å². The zero-order chi connectivity index (χ0) is 26.2. The number of hydrogen-bond donors (Lipinski definition) is 1. The van der Waals surface area contributed by atoms with Crippen LogP contribution in [0.25, 0.3) is 0 Å². The van der Waals surface area contributed by atoms with E-state index in [-0.39, 0.29) is 10.8 Å². The van der Waals surface area contributed by atoms with Crippen molar-refractivity contribution in [2.45, 2.75) is 67.4 Å². The molecule has 2 fully saturated rings. The van der Waals surface area contributed by atoms with Gasteiger partial charge in [0.15, 0.2) is 0 Å².